The van der Waals surface area contributed by atoms with Gasteiger partial charge in [0.1, 0.15) is 4.99 Å². The highest BCUT2D eigenvalue weighted by atomic mass is 32.1. The number of carbonyl (C=O) groups excluding carboxylic acids is 1. The van der Waals surface area contributed by atoms with Crippen molar-refractivity contribution in [3.8, 4) is 0 Å². The number of hydrogen-bond donors (Lipinski definition) is 2. The van der Waals surface area contributed by atoms with Crippen LogP contribution in [-0.4, -0.2) is 23.6 Å². The minimum absolute atomic E-state index is 0.0295. The number of thiocarbonyl (C=S) groups is 1. The molecule has 1 aromatic carbocycles. The highest BCUT2D eigenvalue weighted by molar-refractivity contribution is 7.80. The fraction of sp³-hybridized carbons (Fsp3) is 0.467. The Bertz CT molecular complexity index is 511. The van der Waals surface area contributed by atoms with Gasteiger partial charge in [0.2, 0.25) is 5.91 Å². The molecule has 0 aromatic heterocycles. The van der Waals surface area contributed by atoms with Gasteiger partial charge in [-0.3, -0.25) is 4.79 Å². The van der Waals surface area contributed by atoms with E-state index in [1.165, 1.54) is 0 Å². The number of anilines is 1. The standard InChI is InChI=1S/C15H20N2O2S/c1-10-5-4-7-12(14(10)15(16)20)17-13(18)9-11-6-2-3-8-19-11/h4-5,7,11H,2-3,6,8-9H2,1H3,(H2,16,20)(H,17,18). The molecule has 1 fully saturated rings. The van der Waals surface area contributed by atoms with Gasteiger partial charge in [-0.2, -0.15) is 0 Å². The fourth-order valence-electron chi connectivity index (χ4n) is 2.48. The summed E-state index contributed by atoms with van der Waals surface area (Å²) in [5, 5.41) is 2.89. The second-order valence-electron chi connectivity index (χ2n) is 5.10. The van der Waals surface area contributed by atoms with Gasteiger partial charge < -0.3 is 15.8 Å². The number of ether oxygens (including phenoxy) is 1. The van der Waals surface area contributed by atoms with Crippen molar-refractivity contribution in [1.82, 2.24) is 0 Å². The molecule has 1 atom stereocenters. The van der Waals surface area contributed by atoms with Crippen LogP contribution in [0.15, 0.2) is 18.2 Å². The molecule has 20 heavy (non-hydrogen) atoms. The maximum absolute atomic E-state index is 12.1. The summed E-state index contributed by atoms with van der Waals surface area (Å²) >= 11 is 5.05. The number of carbonyl (C=O) groups is 1. The van der Waals surface area contributed by atoms with Crippen LogP contribution >= 0.6 is 12.2 Å². The Balaban J connectivity index is 2.04. The number of hydrogen-bond acceptors (Lipinski definition) is 3. The first-order valence-electron chi connectivity index (χ1n) is 6.89. The SMILES string of the molecule is Cc1cccc(NC(=O)CC2CCCCO2)c1C(N)=S. The lowest BCUT2D eigenvalue weighted by molar-refractivity contribution is -0.119. The second kappa shape index (κ2) is 6.81. The smallest absolute Gasteiger partial charge is 0.227 e. The number of benzene rings is 1. The predicted molar refractivity (Wildman–Crippen MR) is 83.9 cm³/mol. The van der Waals surface area contributed by atoms with E-state index in [2.05, 4.69) is 5.32 Å². The van der Waals surface area contributed by atoms with Crippen LogP contribution in [0.3, 0.4) is 0 Å². The lowest BCUT2D eigenvalue weighted by Crippen LogP contribution is -2.26. The largest absolute Gasteiger partial charge is 0.389 e. The molecule has 0 radical (unpaired) electrons. The quantitative estimate of drug-likeness (QED) is 0.837. The molecule has 5 heteroatoms. The van der Waals surface area contributed by atoms with Crippen molar-refractivity contribution >= 4 is 28.8 Å². The topological polar surface area (TPSA) is 64.3 Å². The zero-order chi connectivity index (χ0) is 14.5. The van der Waals surface area contributed by atoms with Crippen molar-refractivity contribution in [3.05, 3.63) is 29.3 Å². The molecule has 108 valence electrons. The molecule has 0 bridgehead atoms. The van der Waals surface area contributed by atoms with Crippen LogP contribution in [0.5, 0.6) is 0 Å². The van der Waals surface area contributed by atoms with E-state index >= 15 is 0 Å². The molecule has 2 rings (SSSR count). The molecule has 1 unspecified atom stereocenters. The predicted octanol–water partition coefficient (Wildman–Crippen LogP) is 2.53. The third-order valence-electron chi connectivity index (χ3n) is 3.48. The lowest BCUT2D eigenvalue weighted by atomic mass is 10.0. The molecular formula is C15H20N2O2S. The first-order valence-corrected chi connectivity index (χ1v) is 7.29. The van der Waals surface area contributed by atoms with Gasteiger partial charge in [0.15, 0.2) is 0 Å². The Morgan fingerprint density at radius 3 is 2.95 bits per heavy atom. The van der Waals surface area contributed by atoms with Crippen LogP contribution in [0.1, 0.15) is 36.8 Å². The van der Waals surface area contributed by atoms with Gasteiger partial charge in [0, 0.05) is 12.2 Å². The molecule has 1 heterocycles. The molecule has 4 nitrogen and oxygen atoms in total. The van der Waals surface area contributed by atoms with Crippen molar-refractivity contribution in [2.75, 3.05) is 11.9 Å². The van der Waals surface area contributed by atoms with Gasteiger partial charge in [0.25, 0.3) is 0 Å². The summed E-state index contributed by atoms with van der Waals surface area (Å²) in [6.07, 6.45) is 3.57. The van der Waals surface area contributed by atoms with Gasteiger partial charge in [0.05, 0.1) is 18.2 Å². The van der Waals surface area contributed by atoms with Crippen molar-refractivity contribution in [3.63, 3.8) is 0 Å². The van der Waals surface area contributed by atoms with Crippen molar-refractivity contribution < 1.29 is 9.53 Å². The van der Waals surface area contributed by atoms with Gasteiger partial charge in [-0.1, -0.05) is 24.4 Å². The lowest BCUT2D eigenvalue weighted by Gasteiger charge is -2.22. The molecule has 1 amide bonds. The Morgan fingerprint density at radius 1 is 1.50 bits per heavy atom. The highest BCUT2D eigenvalue weighted by Gasteiger charge is 2.18. The first-order chi connectivity index (χ1) is 9.58. The Hall–Kier alpha value is -1.46. The van der Waals surface area contributed by atoms with Crippen molar-refractivity contribution in [2.45, 2.75) is 38.7 Å². The van der Waals surface area contributed by atoms with Crippen LogP contribution in [0.4, 0.5) is 5.69 Å². The minimum Gasteiger partial charge on any atom is -0.389 e. The summed E-state index contributed by atoms with van der Waals surface area (Å²) in [7, 11) is 0. The molecule has 0 saturated carbocycles. The van der Waals surface area contributed by atoms with Crippen LogP contribution < -0.4 is 11.1 Å². The number of amides is 1. The fourth-order valence-corrected chi connectivity index (χ4v) is 2.75. The third kappa shape index (κ3) is 3.77. The monoisotopic (exact) mass is 292 g/mol. The molecular weight excluding hydrogens is 272 g/mol. The van der Waals surface area contributed by atoms with Crippen molar-refractivity contribution in [2.24, 2.45) is 5.73 Å². The maximum atomic E-state index is 12.1. The van der Waals surface area contributed by atoms with Crippen molar-refractivity contribution in [1.29, 1.82) is 0 Å². The Labute approximate surface area is 124 Å². The van der Waals surface area contributed by atoms with Crippen LogP contribution in [0.2, 0.25) is 0 Å². The van der Waals surface area contributed by atoms with E-state index in [1.54, 1.807) is 0 Å². The molecule has 3 N–H and O–H groups in total. The third-order valence-corrected chi connectivity index (χ3v) is 3.68. The number of rotatable bonds is 4. The zero-order valence-electron chi connectivity index (χ0n) is 11.6. The average molecular weight is 292 g/mol. The minimum atomic E-state index is -0.0556. The summed E-state index contributed by atoms with van der Waals surface area (Å²) in [6, 6.07) is 5.62. The molecule has 1 saturated heterocycles. The summed E-state index contributed by atoms with van der Waals surface area (Å²) in [5.41, 5.74) is 8.11. The number of aryl methyl sites for hydroxylation is 1. The van der Waals surface area contributed by atoms with E-state index in [4.69, 9.17) is 22.7 Å². The van der Waals surface area contributed by atoms with E-state index in [0.717, 1.165) is 37.0 Å². The van der Waals surface area contributed by atoms with Gasteiger partial charge in [-0.15, -0.1) is 0 Å². The van der Waals surface area contributed by atoms with E-state index in [9.17, 15) is 4.79 Å². The number of nitrogens with two attached hydrogens (primary N) is 1. The van der Waals surface area contributed by atoms with Crippen LogP contribution in [-0.2, 0) is 9.53 Å². The Kier molecular flexibility index (Phi) is 5.09. The van der Waals surface area contributed by atoms with E-state index in [-0.39, 0.29) is 12.0 Å². The first kappa shape index (κ1) is 14.9. The Morgan fingerprint density at radius 2 is 2.30 bits per heavy atom. The van der Waals surface area contributed by atoms with E-state index < -0.39 is 0 Å². The number of nitrogens with one attached hydrogen (secondary N) is 1. The average Bonchev–Trinajstić information content (AvgIpc) is 2.39. The second-order valence-corrected chi connectivity index (χ2v) is 5.54. The van der Waals surface area contributed by atoms with Gasteiger partial charge in [-0.05, 0) is 37.8 Å². The van der Waals surface area contributed by atoms with E-state index in [1.807, 2.05) is 25.1 Å². The van der Waals surface area contributed by atoms with Crippen LogP contribution in [0.25, 0.3) is 0 Å². The summed E-state index contributed by atoms with van der Waals surface area (Å²) < 4.78 is 5.58. The van der Waals surface area contributed by atoms with E-state index in [0.29, 0.717) is 17.1 Å². The summed E-state index contributed by atoms with van der Waals surface area (Å²) in [6.45, 7) is 2.68. The molecule has 1 aliphatic heterocycles. The zero-order valence-corrected chi connectivity index (χ0v) is 12.5. The maximum Gasteiger partial charge on any atom is 0.227 e. The molecule has 0 spiro atoms. The molecule has 1 aromatic rings. The van der Waals surface area contributed by atoms with Gasteiger partial charge >= 0.3 is 0 Å². The van der Waals surface area contributed by atoms with Gasteiger partial charge in [-0.25, -0.2) is 0 Å². The highest BCUT2D eigenvalue weighted by Crippen LogP contribution is 2.21. The molecule has 0 aliphatic carbocycles. The summed E-state index contributed by atoms with van der Waals surface area (Å²) in [4.78, 5) is 12.4. The van der Waals surface area contributed by atoms with Crippen LogP contribution in [0, 0.1) is 6.92 Å². The summed E-state index contributed by atoms with van der Waals surface area (Å²) in [5.74, 6) is -0.0556. The normalized spacial score (nSPS) is 18.6. The molecule has 1 aliphatic rings.